The van der Waals surface area contributed by atoms with Crippen LogP contribution in [0.3, 0.4) is 0 Å². The van der Waals surface area contributed by atoms with Crippen LogP contribution in [-0.2, 0) is 0 Å². The van der Waals surface area contributed by atoms with Crippen LogP contribution < -0.4 is 0 Å². The van der Waals surface area contributed by atoms with Crippen molar-refractivity contribution in [3.8, 4) is 0 Å². The summed E-state index contributed by atoms with van der Waals surface area (Å²) in [7, 11) is 4.03. The Balaban J connectivity index is 2.43. The molecule has 3 nitrogen and oxygen atoms in total. The lowest BCUT2D eigenvalue weighted by Gasteiger charge is -2.26. The molecule has 0 radical (unpaired) electrons. The molecule has 3 heteroatoms. The van der Waals surface area contributed by atoms with Gasteiger partial charge in [0, 0.05) is 39.5 Å². The minimum absolute atomic E-state index is 0.251. The molecule has 0 amide bonds. The lowest BCUT2D eigenvalue weighted by molar-refractivity contribution is 0.153. The van der Waals surface area contributed by atoms with Gasteiger partial charge in [-0.2, -0.15) is 0 Å². The third kappa shape index (κ3) is 1.24. The van der Waals surface area contributed by atoms with Crippen molar-refractivity contribution in [2.45, 2.75) is 12.6 Å². The fourth-order valence-electron chi connectivity index (χ4n) is 1.22. The predicted molar refractivity (Wildman–Crippen MR) is 40.2 cm³/mol. The normalized spacial score (nSPS) is 19.1. The molecule has 58 valence electrons. The van der Waals surface area contributed by atoms with Crippen LogP contribution in [0.1, 0.15) is 6.42 Å². The van der Waals surface area contributed by atoms with Crippen LogP contribution in [0.25, 0.3) is 0 Å². The SMILES string of the molecule is CN1C=CN(C)C1CCO. The van der Waals surface area contributed by atoms with Gasteiger partial charge in [-0.1, -0.05) is 0 Å². The van der Waals surface area contributed by atoms with Crippen molar-refractivity contribution in [1.82, 2.24) is 9.80 Å². The van der Waals surface area contributed by atoms with E-state index in [9.17, 15) is 0 Å². The zero-order valence-corrected chi connectivity index (χ0v) is 6.49. The van der Waals surface area contributed by atoms with Crippen molar-refractivity contribution in [3.05, 3.63) is 12.4 Å². The monoisotopic (exact) mass is 142 g/mol. The first-order valence-electron chi connectivity index (χ1n) is 3.49. The molecule has 0 aromatic carbocycles. The van der Waals surface area contributed by atoms with Crippen LogP contribution >= 0.6 is 0 Å². The summed E-state index contributed by atoms with van der Waals surface area (Å²) in [6, 6.07) is 0. The average Bonchev–Trinajstić information content (AvgIpc) is 2.20. The van der Waals surface area contributed by atoms with Gasteiger partial charge < -0.3 is 14.9 Å². The summed E-state index contributed by atoms with van der Waals surface area (Å²) in [5.41, 5.74) is 0. The van der Waals surface area contributed by atoms with Gasteiger partial charge in [-0.3, -0.25) is 0 Å². The number of aliphatic hydroxyl groups excluding tert-OH is 1. The number of hydrogen-bond donors (Lipinski definition) is 1. The van der Waals surface area contributed by atoms with E-state index in [0.29, 0.717) is 6.17 Å². The third-order valence-electron chi connectivity index (χ3n) is 1.86. The minimum Gasteiger partial charge on any atom is -0.396 e. The summed E-state index contributed by atoms with van der Waals surface area (Å²) in [5.74, 6) is 0. The third-order valence-corrected chi connectivity index (χ3v) is 1.86. The molecule has 0 saturated heterocycles. The highest BCUT2D eigenvalue weighted by molar-refractivity contribution is 4.93. The van der Waals surface area contributed by atoms with Gasteiger partial charge in [-0.05, 0) is 0 Å². The molecule has 0 bridgehead atoms. The first-order valence-corrected chi connectivity index (χ1v) is 3.49. The molecular weight excluding hydrogens is 128 g/mol. The van der Waals surface area contributed by atoms with E-state index in [1.54, 1.807) is 0 Å². The van der Waals surface area contributed by atoms with Gasteiger partial charge in [0.25, 0.3) is 0 Å². The topological polar surface area (TPSA) is 26.7 Å². The Morgan fingerprint density at radius 1 is 1.30 bits per heavy atom. The molecular formula is C7H14N2O. The summed E-state index contributed by atoms with van der Waals surface area (Å²) in [5, 5.41) is 8.68. The molecule has 1 rings (SSSR count). The smallest absolute Gasteiger partial charge is 0.102 e. The number of aliphatic hydroxyl groups is 1. The number of rotatable bonds is 2. The van der Waals surface area contributed by atoms with Gasteiger partial charge in [0.2, 0.25) is 0 Å². The molecule has 1 N–H and O–H groups in total. The highest BCUT2D eigenvalue weighted by Crippen LogP contribution is 2.13. The predicted octanol–water partition coefficient (Wildman–Crippen LogP) is 0.0433. The summed E-state index contributed by atoms with van der Waals surface area (Å²) in [6.07, 6.45) is 5.19. The summed E-state index contributed by atoms with van der Waals surface area (Å²) in [6.45, 7) is 0.251. The van der Waals surface area contributed by atoms with E-state index in [2.05, 4.69) is 9.80 Å². The molecule has 0 spiro atoms. The molecule has 0 aromatic heterocycles. The molecule has 1 aliphatic heterocycles. The van der Waals surface area contributed by atoms with Crippen LogP contribution in [0.15, 0.2) is 12.4 Å². The molecule has 0 atom stereocenters. The Bertz CT molecular complexity index is 124. The fraction of sp³-hybridized carbons (Fsp3) is 0.714. The van der Waals surface area contributed by atoms with Crippen LogP contribution in [0.2, 0.25) is 0 Å². The van der Waals surface area contributed by atoms with E-state index in [4.69, 9.17) is 5.11 Å². The van der Waals surface area contributed by atoms with E-state index < -0.39 is 0 Å². The zero-order chi connectivity index (χ0) is 7.56. The van der Waals surface area contributed by atoms with Crippen molar-refractivity contribution >= 4 is 0 Å². The Kier molecular flexibility index (Phi) is 2.17. The standard InChI is InChI=1S/C7H14N2O/c1-8-4-5-9(2)7(8)3-6-10/h4-5,7,10H,3,6H2,1-2H3. The molecule has 10 heavy (non-hydrogen) atoms. The average molecular weight is 142 g/mol. The van der Waals surface area contributed by atoms with Gasteiger partial charge in [0.15, 0.2) is 0 Å². The van der Waals surface area contributed by atoms with Crippen molar-refractivity contribution in [2.24, 2.45) is 0 Å². The molecule has 0 fully saturated rings. The molecule has 0 saturated carbocycles. The number of hydrogen-bond acceptors (Lipinski definition) is 3. The van der Waals surface area contributed by atoms with E-state index in [0.717, 1.165) is 6.42 Å². The summed E-state index contributed by atoms with van der Waals surface area (Å²) in [4.78, 5) is 4.19. The summed E-state index contributed by atoms with van der Waals surface area (Å²) < 4.78 is 0. The highest BCUT2D eigenvalue weighted by atomic mass is 16.3. The van der Waals surface area contributed by atoms with Crippen molar-refractivity contribution in [2.75, 3.05) is 20.7 Å². The fourth-order valence-corrected chi connectivity index (χ4v) is 1.22. The largest absolute Gasteiger partial charge is 0.396 e. The lowest BCUT2D eigenvalue weighted by Crippen LogP contribution is -2.34. The van der Waals surface area contributed by atoms with Crippen molar-refractivity contribution in [3.63, 3.8) is 0 Å². The second kappa shape index (κ2) is 2.92. The second-order valence-electron chi connectivity index (χ2n) is 2.62. The maximum atomic E-state index is 8.68. The summed E-state index contributed by atoms with van der Waals surface area (Å²) >= 11 is 0. The van der Waals surface area contributed by atoms with E-state index in [1.807, 2.05) is 26.5 Å². The Labute approximate surface area is 61.5 Å². The Morgan fingerprint density at radius 3 is 2.20 bits per heavy atom. The lowest BCUT2D eigenvalue weighted by atomic mass is 10.3. The van der Waals surface area contributed by atoms with E-state index >= 15 is 0 Å². The van der Waals surface area contributed by atoms with Crippen LogP contribution in [0.4, 0.5) is 0 Å². The highest BCUT2D eigenvalue weighted by Gasteiger charge is 2.18. The van der Waals surface area contributed by atoms with Gasteiger partial charge in [-0.15, -0.1) is 0 Å². The Morgan fingerprint density at radius 2 is 1.80 bits per heavy atom. The van der Waals surface area contributed by atoms with E-state index in [1.165, 1.54) is 0 Å². The van der Waals surface area contributed by atoms with Crippen LogP contribution in [0, 0.1) is 0 Å². The first-order chi connectivity index (χ1) is 4.75. The van der Waals surface area contributed by atoms with E-state index in [-0.39, 0.29) is 6.61 Å². The van der Waals surface area contributed by atoms with Gasteiger partial charge in [-0.25, -0.2) is 0 Å². The first kappa shape index (κ1) is 7.41. The molecule has 0 unspecified atom stereocenters. The maximum Gasteiger partial charge on any atom is 0.102 e. The zero-order valence-electron chi connectivity index (χ0n) is 6.49. The molecule has 1 aliphatic rings. The van der Waals surface area contributed by atoms with Gasteiger partial charge in [0.1, 0.15) is 6.17 Å². The maximum absolute atomic E-state index is 8.68. The Hall–Kier alpha value is -0.700. The van der Waals surface area contributed by atoms with Gasteiger partial charge >= 0.3 is 0 Å². The second-order valence-corrected chi connectivity index (χ2v) is 2.62. The van der Waals surface area contributed by atoms with Crippen LogP contribution in [-0.4, -0.2) is 41.8 Å². The van der Waals surface area contributed by atoms with Crippen molar-refractivity contribution < 1.29 is 5.11 Å². The molecule has 1 heterocycles. The number of nitrogens with zero attached hydrogens (tertiary/aromatic N) is 2. The van der Waals surface area contributed by atoms with Crippen molar-refractivity contribution in [1.29, 1.82) is 0 Å². The molecule has 0 aliphatic carbocycles. The quantitative estimate of drug-likeness (QED) is 0.590. The van der Waals surface area contributed by atoms with Gasteiger partial charge in [0.05, 0.1) is 0 Å². The minimum atomic E-state index is 0.251. The molecule has 0 aromatic rings. The van der Waals surface area contributed by atoms with Crippen LogP contribution in [0.5, 0.6) is 0 Å².